The SMILES string of the molecule is Fc1ccc(Oc2ccc3[nH]ncc3c2)c(F)c1. The van der Waals surface area contributed by atoms with Crippen LogP contribution in [0.25, 0.3) is 10.9 Å². The number of H-pyrrole nitrogens is 1. The highest BCUT2D eigenvalue weighted by molar-refractivity contribution is 5.79. The minimum absolute atomic E-state index is 0.0146. The van der Waals surface area contributed by atoms with E-state index in [1.807, 2.05) is 0 Å². The summed E-state index contributed by atoms with van der Waals surface area (Å²) >= 11 is 0. The van der Waals surface area contributed by atoms with E-state index in [1.54, 1.807) is 24.4 Å². The van der Waals surface area contributed by atoms with E-state index in [-0.39, 0.29) is 5.75 Å². The third kappa shape index (κ3) is 1.90. The lowest BCUT2D eigenvalue weighted by molar-refractivity contribution is 0.438. The van der Waals surface area contributed by atoms with Crippen LogP contribution in [0.2, 0.25) is 0 Å². The monoisotopic (exact) mass is 246 g/mol. The second-order valence-corrected chi connectivity index (χ2v) is 3.80. The van der Waals surface area contributed by atoms with Crippen LogP contribution in [0.4, 0.5) is 8.78 Å². The first-order valence-corrected chi connectivity index (χ1v) is 5.28. The van der Waals surface area contributed by atoms with E-state index in [1.165, 1.54) is 6.07 Å². The van der Waals surface area contributed by atoms with Gasteiger partial charge in [-0.1, -0.05) is 0 Å². The highest BCUT2D eigenvalue weighted by atomic mass is 19.1. The number of rotatable bonds is 2. The van der Waals surface area contributed by atoms with Crippen LogP contribution in [0.3, 0.4) is 0 Å². The van der Waals surface area contributed by atoms with Crippen LogP contribution in [-0.4, -0.2) is 10.2 Å². The maximum absolute atomic E-state index is 13.4. The molecular formula is C13H8F2N2O. The van der Waals surface area contributed by atoms with Gasteiger partial charge in [0.2, 0.25) is 0 Å². The van der Waals surface area contributed by atoms with Gasteiger partial charge in [0.1, 0.15) is 11.6 Å². The van der Waals surface area contributed by atoms with Gasteiger partial charge in [-0.15, -0.1) is 0 Å². The van der Waals surface area contributed by atoms with E-state index in [0.29, 0.717) is 5.75 Å². The van der Waals surface area contributed by atoms with E-state index >= 15 is 0 Å². The van der Waals surface area contributed by atoms with E-state index in [9.17, 15) is 8.78 Å². The molecule has 0 aliphatic heterocycles. The highest BCUT2D eigenvalue weighted by Gasteiger charge is 2.07. The van der Waals surface area contributed by atoms with E-state index in [0.717, 1.165) is 23.0 Å². The molecule has 3 nitrogen and oxygen atoms in total. The van der Waals surface area contributed by atoms with Gasteiger partial charge in [-0.05, 0) is 30.3 Å². The van der Waals surface area contributed by atoms with Crippen LogP contribution >= 0.6 is 0 Å². The first-order chi connectivity index (χ1) is 8.72. The largest absolute Gasteiger partial charge is 0.454 e. The molecule has 18 heavy (non-hydrogen) atoms. The lowest BCUT2D eigenvalue weighted by Gasteiger charge is -2.06. The van der Waals surface area contributed by atoms with Gasteiger partial charge in [0.05, 0.1) is 11.7 Å². The zero-order valence-corrected chi connectivity index (χ0v) is 9.15. The van der Waals surface area contributed by atoms with Gasteiger partial charge in [-0.3, -0.25) is 5.10 Å². The number of hydrogen-bond donors (Lipinski definition) is 1. The van der Waals surface area contributed by atoms with Crippen LogP contribution in [-0.2, 0) is 0 Å². The molecule has 2 aromatic carbocycles. The molecule has 0 spiro atoms. The summed E-state index contributed by atoms with van der Waals surface area (Å²) in [4.78, 5) is 0. The summed E-state index contributed by atoms with van der Waals surface area (Å²) in [6, 6.07) is 8.37. The number of benzene rings is 2. The molecular weight excluding hydrogens is 238 g/mol. The molecule has 0 saturated carbocycles. The molecule has 0 fully saturated rings. The molecule has 0 amide bonds. The second-order valence-electron chi connectivity index (χ2n) is 3.80. The Labute approximate surface area is 101 Å². The van der Waals surface area contributed by atoms with E-state index in [4.69, 9.17) is 4.74 Å². The fourth-order valence-corrected chi connectivity index (χ4v) is 1.67. The summed E-state index contributed by atoms with van der Waals surface area (Å²) in [7, 11) is 0. The molecule has 1 N–H and O–H groups in total. The number of fused-ring (bicyclic) bond motifs is 1. The molecule has 0 aliphatic carbocycles. The van der Waals surface area contributed by atoms with Crippen molar-refractivity contribution in [2.75, 3.05) is 0 Å². The number of nitrogens with zero attached hydrogens (tertiary/aromatic N) is 1. The normalized spacial score (nSPS) is 10.8. The average molecular weight is 246 g/mol. The third-order valence-electron chi connectivity index (χ3n) is 2.53. The van der Waals surface area contributed by atoms with Crippen LogP contribution < -0.4 is 4.74 Å². The van der Waals surface area contributed by atoms with Crippen molar-refractivity contribution in [2.45, 2.75) is 0 Å². The second kappa shape index (κ2) is 4.10. The Hall–Kier alpha value is -2.43. The average Bonchev–Trinajstić information content (AvgIpc) is 2.80. The summed E-state index contributed by atoms with van der Waals surface area (Å²) in [6.45, 7) is 0. The minimum Gasteiger partial charge on any atom is -0.454 e. The van der Waals surface area contributed by atoms with Crippen LogP contribution in [0.1, 0.15) is 0 Å². The number of hydrogen-bond acceptors (Lipinski definition) is 2. The van der Waals surface area contributed by atoms with Gasteiger partial charge in [0, 0.05) is 11.5 Å². The Morgan fingerprint density at radius 2 is 1.94 bits per heavy atom. The summed E-state index contributed by atoms with van der Waals surface area (Å²) in [5.74, 6) is -0.916. The lowest BCUT2D eigenvalue weighted by atomic mass is 10.2. The number of halogens is 2. The van der Waals surface area contributed by atoms with Gasteiger partial charge in [0.15, 0.2) is 11.6 Å². The topological polar surface area (TPSA) is 37.9 Å². The van der Waals surface area contributed by atoms with Gasteiger partial charge >= 0.3 is 0 Å². The maximum Gasteiger partial charge on any atom is 0.168 e. The summed E-state index contributed by atoms with van der Waals surface area (Å²) < 4.78 is 31.5. The molecule has 0 bridgehead atoms. The molecule has 5 heteroatoms. The van der Waals surface area contributed by atoms with Gasteiger partial charge in [-0.2, -0.15) is 5.10 Å². The number of aromatic amines is 1. The zero-order chi connectivity index (χ0) is 12.5. The van der Waals surface area contributed by atoms with Crippen molar-refractivity contribution >= 4 is 10.9 Å². The summed E-state index contributed by atoms with van der Waals surface area (Å²) in [5.41, 5.74) is 0.863. The molecule has 0 saturated heterocycles. The van der Waals surface area contributed by atoms with Crippen molar-refractivity contribution in [3.05, 3.63) is 54.2 Å². The van der Waals surface area contributed by atoms with E-state index < -0.39 is 11.6 Å². The highest BCUT2D eigenvalue weighted by Crippen LogP contribution is 2.27. The molecule has 1 heterocycles. The summed E-state index contributed by atoms with van der Waals surface area (Å²) in [6.07, 6.45) is 1.64. The lowest BCUT2D eigenvalue weighted by Crippen LogP contribution is -1.89. The molecule has 1 aromatic heterocycles. The zero-order valence-electron chi connectivity index (χ0n) is 9.15. The molecule has 0 unspecified atom stereocenters. The molecule has 0 aliphatic rings. The Morgan fingerprint density at radius 1 is 1.06 bits per heavy atom. The van der Waals surface area contributed by atoms with Gasteiger partial charge in [0.25, 0.3) is 0 Å². The van der Waals surface area contributed by atoms with Gasteiger partial charge in [-0.25, -0.2) is 8.78 Å². The van der Waals surface area contributed by atoms with Crippen LogP contribution in [0.15, 0.2) is 42.6 Å². The number of aromatic nitrogens is 2. The fourth-order valence-electron chi connectivity index (χ4n) is 1.67. The Kier molecular flexibility index (Phi) is 2.44. The Morgan fingerprint density at radius 3 is 2.78 bits per heavy atom. The minimum atomic E-state index is -0.734. The van der Waals surface area contributed by atoms with Gasteiger partial charge < -0.3 is 4.74 Å². The maximum atomic E-state index is 13.4. The predicted molar refractivity (Wildman–Crippen MR) is 62.5 cm³/mol. The quantitative estimate of drug-likeness (QED) is 0.749. The van der Waals surface area contributed by atoms with Crippen molar-refractivity contribution < 1.29 is 13.5 Å². The molecule has 0 atom stereocenters. The Bertz CT molecular complexity index is 709. The smallest absolute Gasteiger partial charge is 0.168 e. The van der Waals surface area contributed by atoms with Crippen molar-refractivity contribution in [3.8, 4) is 11.5 Å². The van der Waals surface area contributed by atoms with Crippen molar-refractivity contribution in [2.24, 2.45) is 0 Å². The number of ether oxygens (including phenoxy) is 1. The summed E-state index contributed by atoms with van der Waals surface area (Å²) in [5, 5.41) is 7.53. The molecule has 3 rings (SSSR count). The molecule has 3 aromatic rings. The Balaban J connectivity index is 1.95. The molecule has 0 radical (unpaired) electrons. The van der Waals surface area contributed by atoms with Crippen molar-refractivity contribution in [1.29, 1.82) is 0 Å². The number of nitrogens with one attached hydrogen (secondary N) is 1. The molecule has 90 valence electrons. The predicted octanol–water partition coefficient (Wildman–Crippen LogP) is 3.63. The van der Waals surface area contributed by atoms with Crippen molar-refractivity contribution in [1.82, 2.24) is 10.2 Å². The standard InChI is InChI=1S/C13H8F2N2O/c14-9-1-4-13(11(15)6-9)18-10-2-3-12-8(5-10)7-16-17-12/h1-7H,(H,16,17). The first-order valence-electron chi connectivity index (χ1n) is 5.28. The van der Waals surface area contributed by atoms with Crippen molar-refractivity contribution in [3.63, 3.8) is 0 Å². The van der Waals surface area contributed by atoms with E-state index in [2.05, 4.69) is 10.2 Å². The third-order valence-corrected chi connectivity index (χ3v) is 2.53. The van der Waals surface area contributed by atoms with Crippen LogP contribution in [0, 0.1) is 11.6 Å². The van der Waals surface area contributed by atoms with Crippen LogP contribution in [0.5, 0.6) is 11.5 Å². The fraction of sp³-hybridized carbons (Fsp3) is 0. The first kappa shape index (κ1) is 10.7.